The van der Waals surface area contributed by atoms with Crippen LogP contribution in [0.3, 0.4) is 0 Å². The van der Waals surface area contributed by atoms with E-state index >= 15 is 0 Å². The second-order valence-corrected chi connectivity index (χ2v) is 6.79. The predicted molar refractivity (Wildman–Crippen MR) is 107 cm³/mol. The summed E-state index contributed by atoms with van der Waals surface area (Å²) in [6.07, 6.45) is 9.60. The molecule has 0 saturated heterocycles. The summed E-state index contributed by atoms with van der Waals surface area (Å²) >= 11 is 0. The molecule has 2 aromatic rings. The van der Waals surface area contributed by atoms with Gasteiger partial charge in [0.1, 0.15) is 6.33 Å². The van der Waals surface area contributed by atoms with Crippen molar-refractivity contribution in [3.8, 4) is 5.69 Å². The van der Waals surface area contributed by atoms with Crippen molar-refractivity contribution in [3.63, 3.8) is 0 Å². The lowest BCUT2D eigenvalue weighted by Gasteiger charge is -2.22. The number of benzene rings is 1. The van der Waals surface area contributed by atoms with Crippen molar-refractivity contribution in [1.82, 2.24) is 25.4 Å². The van der Waals surface area contributed by atoms with Crippen molar-refractivity contribution in [2.75, 3.05) is 20.2 Å². The number of guanidine groups is 1. The van der Waals surface area contributed by atoms with Crippen molar-refractivity contribution >= 4 is 5.96 Å². The van der Waals surface area contributed by atoms with Gasteiger partial charge in [-0.3, -0.25) is 9.56 Å². The van der Waals surface area contributed by atoms with Crippen LogP contribution in [0.25, 0.3) is 5.69 Å². The fourth-order valence-electron chi connectivity index (χ4n) is 3.33. The van der Waals surface area contributed by atoms with Gasteiger partial charge in [-0.15, -0.1) is 10.2 Å². The molecule has 2 N–H and O–H groups in total. The average molecular weight is 371 g/mol. The van der Waals surface area contributed by atoms with Crippen LogP contribution < -0.4 is 10.6 Å². The van der Waals surface area contributed by atoms with Gasteiger partial charge in [-0.2, -0.15) is 0 Å². The van der Waals surface area contributed by atoms with Gasteiger partial charge in [0.2, 0.25) is 0 Å². The van der Waals surface area contributed by atoms with Crippen molar-refractivity contribution in [2.24, 2.45) is 4.99 Å². The summed E-state index contributed by atoms with van der Waals surface area (Å²) in [7, 11) is 1.77. The van der Waals surface area contributed by atoms with Crippen LogP contribution in [0.2, 0.25) is 0 Å². The lowest BCUT2D eigenvalue weighted by molar-refractivity contribution is 0.0277. The number of aliphatic imine (C=N–C) groups is 1. The Balaban J connectivity index is 1.38. The highest BCUT2D eigenvalue weighted by atomic mass is 16.5. The number of aromatic nitrogens is 3. The zero-order valence-electron chi connectivity index (χ0n) is 16.1. The normalized spacial score (nSPS) is 15.7. The van der Waals surface area contributed by atoms with Gasteiger partial charge in [0.05, 0.1) is 12.6 Å². The summed E-state index contributed by atoms with van der Waals surface area (Å²) in [5.74, 6) is 1.60. The molecular weight excluding hydrogens is 340 g/mol. The van der Waals surface area contributed by atoms with E-state index in [0.717, 1.165) is 37.0 Å². The van der Waals surface area contributed by atoms with Crippen LogP contribution >= 0.6 is 0 Å². The van der Waals surface area contributed by atoms with Crippen LogP contribution in [0, 0.1) is 0 Å². The van der Waals surface area contributed by atoms with Gasteiger partial charge < -0.3 is 15.4 Å². The zero-order chi connectivity index (χ0) is 18.7. The van der Waals surface area contributed by atoms with Crippen molar-refractivity contribution in [3.05, 3.63) is 42.5 Å². The molecule has 1 aliphatic rings. The number of nitrogens with zero attached hydrogens (tertiary/aromatic N) is 4. The highest BCUT2D eigenvalue weighted by Gasteiger charge is 2.13. The van der Waals surface area contributed by atoms with Gasteiger partial charge in [0.25, 0.3) is 0 Å². The molecule has 0 aliphatic heterocycles. The van der Waals surface area contributed by atoms with Crippen LogP contribution in [0.4, 0.5) is 0 Å². The van der Waals surface area contributed by atoms with Crippen LogP contribution in [0.5, 0.6) is 0 Å². The maximum atomic E-state index is 5.96. The standard InChI is InChI=1S/C20H30N6O/c1-21-20(22-13-8-14-27-18-11-6-3-7-12-18)23-15-19-25-24-16-26(19)17-9-4-2-5-10-17/h2,4-5,9-10,16,18H,3,6-8,11-15H2,1H3,(H2,21,22,23). The number of ether oxygens (including phenoxy) is 1. The molecule has 0 radical (unpaired) electrons. The maximum absolute atomic E-state index is 5.96. The summed E-state index contributed by atoms with van der Waals surface area (Å²) in [6.45, 7) is 2.18. The van der Waals surface area contributed by atoms with E-state index in [1.165, 1.54) is 32.1 Å². The molecule has 1 aromatic heterocycles. The summed E-state index contributed by atoms with van der Waals surface area (Å²) in [5.41, 5.74) is 1.04. The van der Waals surface area contributed by atoms with Gasteiger partial charge in [-0.05, 0) is 31.4 Å². The quantitative estimate of drug-likeness (QED) is 0.424. The molecule has 0 unspecified atom stereocenters. The molecule has 1 aliphatic carbocycles. The molecule has 0 spiro atoms. The fraction of sp³-hybridized carbons (Fsp3) is 0.550. The van der Waals surface area contributed by atoms with Crippen molar-refractivity contribution in [1.29, 1.82) is 0 Å². The molecule has 1 fully saturated rings. The molecule has 1 heterocycles. The Kier molecular flexibility index (Phi) is 7.65. The third kappa shape index (κ3) is 6.06. The Labute approximate surface area is 161 Å². The van der Waals surface area contributed by atoms with Gasteiger partial charge in [-0.1, -0.05) is 37.5 Å². The summed E-state index contributed by atoms with van der Waals surface area (Å²) in [5, 5.41) is 14.9. The monoisotopic (exact) mass is 370 g/mol. The van der Waals surface area contributed by atoms with Gasteiger partial charge in [-0.25, -0.2) is 0 Å². The van der Waals surface area contributed by atoms with E-state index in [-0.39, 0.29) is 0 Å². The first-order valence-corrected chi connectivity index (χ1v) is 9.87. The topological polar surface area (TPSA) is 76.4 Å². The molecule has 0 atom stereocenters. The molecule has 0 amide bonds. The van der Waals surface area contributed by atoms with E-state index in [1.807, 2.05) is 34.9 Å². The third-order valence-corrected chi connectivity index (χ3v) is 4.81. The second-order valence-electron chi connectivity index (χ2n) is 6.79. The molecule has 0 bridgehead atoms. The zero-order valence-corrected chi connectivity index (χ0v) is 16.1. The smallest absolute Gasteiger partial charge is 0.191 e. The Morgan fingerprint density at radius 1 is 1.19 bits per heavy atom. The molecule has 27 heavy (non-hydrogen) atoms. The first-order valence-electron chi connectivity index (χ1n) is 9.87. The summed E-state index contributed by atoms with van der Waals surface area (Å²) in [6, 6.07) is 10.1. The Morgan fingerprint density at radius 2 is 2.00 bits per heavy atom. The Morgan fingerprint density at radius 3 is 2.78 bits per heavy atom. The molecular formula is C20H30N6O. The minimum Gasteiger partial charge on any atom is -0.378 e. The van der Waals surface area contributed by atoms with E-state index in [0.29, 0.717) is 12.6 Å². The SMILES string of the molecule is CN=C(NCCCOC1CCCCC1)NCc1nncn1-c1ccccc1. The van der Waals surface area contributed by atoms with Crippen LogP contribution in [-0.4, -0.2) is 47.0 Å². The number of para-hydroxylation sites is 1. The minimum atomic E-state index is 0.473. The first kappa shape index (κ1) is 19.4. The number of hydrogen-bond acceptors (Lipinski definition) is 4. The Hall–Kier alpha value is -2.41. The van der Waals surface area contributed by atoms with Crippen LogP contribution in [-0.2, 0) is 11.3 Å². The molecule has 1 saturated carbocycles. The highest BCUT2D eigenvalue weighted by Crippen LogP contribution is 2.20. The van der Waals surface area contributed by atoms with Gasteiger partial charge in [0, 0.05) is 25.9 Å². The maximum Gasteiger partial charge on any atom is 0.191 e. The van der Waals surface area contributed by atoms with Gasteiger partial charge >= 0.3 is 0 Å². The fourth-order valence-corrected chi connectivity index (χ4v) is 3.33. The second kappa shape index (κ2) is 10.7. The lowest BCUT2D eigenvalue weighted by Crippen LogP contribution is -2.38. The molecule has 1 aromatic carbocycles. The van der Waals surface area contributed by atoms with Crippen LogP contribution in [0.15, 0.2) is 41.7 Å². The van der Waals surface area contributed by atoms with E-state index in [4.69, 9.17) is 4.74 Å². The van der Waals surface area contributed by atoms with E-state index in [2.05, 4.69) is 25.8 Å². The third-order valence-electron chi connectivity index (χ3n) is 4.81. The van der Waals surface area contributed by atoms with Gasteiger partial charge in [0.15, 0.2) is 11.8 Å². The Bertz CT molecular complexity index is 694. The molecule has 3 rings (SSSR count). The van der Waals surface area contributed by atoms with E-state index < -0.39 is 0 Å². The predicted octanol–water partition coefficient (Wildman–Crippen LogP) is 2.67. The summed E-state index contributed by atoms with van der Waals surface area (Å²) in [4.78, 5) is 4.27. The number of nitrogens with one attached hydrogen (secondary N) is 2. The molecule has 7 nitrogen and oxygen atoms in total. The lowest BCUT2D eigenvalue weighted by atomic mass is 9.98. The van der Waals surface area contributed by atoms with E-state index in [1.54, 1.807) is 13.4 Å². The summed E-state index contributed by atoms with van der Waals surface area (Å²) < 4.78 is 7.93. The highest BCUT2D eigenvalue weighted by molar-refractivity contribution is 5.79. The largest absolute Gasteiger partial charge is 0.378 e. The first-order chi connectivity index (χ1) is 13.4. The number of rotatable bonds is 8. The van der Waals surface area contributed by atoms with E-state index in [9.17, 15) is 0 Å². The number of hydrogen-bond donors (Lipinski definition) is 2. The average Bonchev–Trinajstić information content (AvgIpc) is 3.20. The molecule has 146 valence electrons. The van der Waals surface area contributed by atoms with Crippen LogP contribution in [0.1, 0.15) is 44.3 Å². The van der Waals surface area contributed by atoms with Crippen molar-refractivity contribution in [2.45, 2.75) is 51.2 Å². The minimum absolute atomic E-state index is 0.473. The van der Waals surface area contributed by atoms with Crippen molar-refractivity contribution < 1.29 is 4.74 Å². The molecule has 7 heteroatoms.